The minimum atomic E-state index is -1.19. The number of likely N-dealkylation sites (tertiary alicyclic amines) is 2. The fourth-order valence-corrected chi connectivity index (χ4v) is 13.7. The molecule has 3 saturated heterocycles. The van der Waals surface area contributed by atoms with E-state index in [-0.39, 0.29) is 71.0 Å². The smallest absolute Gasteiger partial charge is 0.255 e. The number of benzene rings is 3. The number of hydrogen-bond acceptors (Lipinski definition) is 7. The molecule has 2 aliphatic carbocycles. The quantitative estimate of drug-likeness (QED) is 0.200. The number of likely N-dealkylation sites (N-methyl/N-ethyl adjacent to an activating group) is 2. The molecule has 4 atom stereocenters. The highest BCUT2D eigenvalue weighted by Crippen LogP contribution is 2.65. The third-order valence-electron chi connectivity index (χ3n) is 17.0. The van der Waals surface area contributed by atoms with Gasteiger partial charge >= 0.3 is 0 Å². The van der Waals surface area contributed by atoms with E-state index in [1.807, 2.05) is 42.1 Å². The standard InChI is InChI=1S/C53H57Cl2FN6O6/c1-59(50(67)46-44(38-10-7-11-40(55)45(38)56)53(52(60(46)2)24-4-3-5-25-52)29-34-14-17-35(54)28-41(34)57-51(53)68)36-18-15-33(16-19-36)48(65)61-26-22-31(23-27-61)12-13-32-8-6-9-37-39(32)30-62(49(37)66)42-20-21-43(63)58-47(42)64/h6-11,14,17,28,31,33,36,42,44,46H,3-5,15-16,18-27,29-30H2,1-2H3,(H,57,68)(H,58,63,64)/t33-,36-,42?,44-,46+,53+/m0/s1. The fourth-order valence-electron chi connectivity index (χ4n) is 13.3. The van der Waals surface area contributed by atoms with Crippen LogP contribution in [0.5, 0.6) is 0 Å². The predicted molar refractivity (Wildman–Crippen MR) is 255 cm³/mol. The molecule has 5 heterocycles. The summed E-state index contributed by atoms with van der Waals surface area (Å²) in [5.74, 6) is 3.94. The number of halogens is 3. The molecule has 15 heteroatoms. The summed E-state index contributed by atoms with van der Waals surface area (Å²) in [7, 11) is 3.78. The van der Waals surface area contributed by atoms with Gasteiger partial charge in [-0.3, -0.25) is 39.0 Å². The number of piperidine rings is 2. The Kier molecular flexibility index (Phi) is 12.4. The van der Waals surface area contributed by atoms with E-state index in [0.717, 1.165) is 48.8 Å². The number of hydrogen-bond donors (Lipinski definition) is 2. The van der Waals surface area contributed by atoms with Crippen molar-refractivity contribution in [1.29, 1.82) is 0 Å². The first-order valence-corrected chi connectivity index (χ1v) is 25.1. The Morgan fingerprint density at radius 2 is 1.62 bits per heavy atom. The number of carbonyl (C=O) groups is 6. The molecule has 356 valence electrons. The molecule has 3 aromatic carbocycles. The summed E-state index contributed by atoms with van der Waals surface area (Å²) in [5, 5.41) is 5.99. The Hall–Kier alpha value is -5.29. The molecule has 2 N–H and O–H groups in total. The van der Waals surface area contributed by atoms with Gasteiger partial charge in [0.15, 0.2) is 0 Å². The number of nitrogens with zero attached hydrogens (tertiary/aromatic N) is 4. The largest absolute Gasteiger partial charge is 0.342 e. The molecular formula is C53H57Cl2FN6O6. The highest BCUT2D eigenvalue weighted by Gasteiger charge is 2.73. The van der Waals surface area contributed by atoms with Gasteiger partial charge in [0.05, 0.1) is 16.5 Å². The van der Waals surface area contributed by atoms with Crippen LogP contribution >= 0.6 is 23.2 Å². The SMILES string of the molecule is CN1[C@@H](C(=O)N(C)[C@H]2CC[C@H](C(=O)N3CCC(C#Cc4cccc5c4CN(C4CCC(=O)NC4=O)C5=O)CC3)CC2)[C@H](c2cccc(Cl)c2F)[C@@]2(Cc3ccc(Cl)cc3NC2=O)C12CCCCC2. The lowest BCUT2D eigenvalue weighted by molar-refractivity contribution is -0.141. The molecule has 6 amide bonds. The summed E-state index contributed by atoms with van der Waals surface area (Å²) >= 11 is 12.9. The lowest BCUT2D eigenvalue weighted by atomic mass is 9.54. The minimum absolute atomic E-state index is 0.0524. The van der Waals surface area contributed by atoms with Crippen LogP contribution < -0.4 is 10.6 Å². The Bertz CT molecular complexity index is 2660. The van der Waals surface area contributed by atoms with Crippen LogP contribution in [0.15, 0.2) is 54.6 Å². The molecule has 12 nitrogen and oxygen atoms in total. The fraction of sp³-hybridized carbons (Fsp3) is 0.509. The highest BCUT2D eigenvalue weighted by atomic mass is 35.5. The van der Waals surface area contributed by atoms with Crippen LogP contribution in [0.25, 0.3) is 0 Å². The van der Waals surface area contributed by atoms with Crippen molar-refractivity contribution in [3.05, 3.63) is 98.3 Å². The maximum Gasteiger partial charge on any atom is 0.255 e. The van der Waals surface area contributed by atoms with E-state index in [4.69, 9.17) is 23.2 Å². The number of rotatable bonds is 5. The van der Waals surface area contributed by atoms with Crippen LogP contribution in [0.1, 0.15) is 122 Å². The molecule has 1 unspecified atom stereocenters. The topological polar surface area (TPSA) is 139 Å². The van der Waals surface area contributed by atoms with Crippen molar-refractivity contribution >= 4 is 64.3 Å². The second-order valence-corrected chi connectivity index (χ2v) is 21.1. The van der Waals surface area contributed by atoms with Crippen molar-refractivity contribution in [3.8, 4) is 11.8 Å². The van der Waals surface area contributed by atoms with Crippen LogP contribution in [0, 0.1) is 34.9 Å². The average molecular weight is 964 g/mol. The van der Waals surface area contributed by atoms with E-state index in [1.54, 1.807) is 30.3 Å². The molecular weight excluding hydrogens is 907 g/mol. The van der Waals surface area contributed by atoms with Crippen LogP contribution in [0.4, 0.5) is 10.1 Å². The first-order valence-electron chi connectivity index (χ1n) is 24.3. The normalized spacial score (nSPS) is 28.2. The summed E-state index contributed by atoms with van der Waals surface area (Å²) in [6, 6.07) is 14.2. The molecule has 5 aliphatic heterocycles. The number of nitrogens with one attached hydrogen (secondary N) is 2. The van der Waals surface area contributed by atoms with Crippen LogP contribution in [0.3, 0.4) is 0 Å². The van der Waals surface area contributed by atoms with Gasteiger partial charge in [-0.25, -0.2) is 4.39 Å². The molecule has 3 aromatic rings. The second kappa shape index (κ2) is 18.2. The summed E-state index contributed by atoms with van der Waals surface area (Å²) in [6.45, 7) is 1.45. The van der Waals surface area contributed by atoms with Gasteiger partial charge in [0, 0.05) is 84.3 Å². The van der Waals surface area contributed by atoms with E-state index < -0.39 is 40.7 Å². The van der Waals surface area contributed by atoms with Crippen molar-refractivity contribution < 1.29 is 33.2 Å². The minimum Gasteiger partial charge on any atom is -0.342 e. The maximum absolute atomic E-state index is 16.6. The van der Waals surface area contributed by atoms with Gasteiger partial charge in [0.1, 0.15) is 11.9 Å². The zero-order valence-electron chi connectivity index (χ0n) is 38.6. The summed E-state index contributed by atoms with van der Waals surface area (Å²) in [5.41, 5.74) is 1.95. The molecule has 68 heavy (non-hydrogen) atoms. The maximum atomic E-state index is 16.6. The third-order valence-corrected chi connectivity index (χ3v) is 17.5. The summed E-state index contributed by atoms with van der Waals surface area (Å²) in [6.07, 6.45) is 8.97. The van der Waals surface area contributed by atoms with Gasteiger partial charge in [-0.2, -0.15) is 0 Å². The third kappa shape index (κ3) is 7.70. The Morgan fingerprint density at radius 1 is 0.882 bits per heavy atom. The van der Waals surface area contributed by atoms with Crippen molar-refractivity contribution in [2.75, 3.05) is 32.5 Å². The van der Waals surface area contributed by atoms with Gasteiger partial charge < -0.3 is 20.0 Å². The summed E-state index contributed by atoms with van der Waals surface area (Å²) < 4.78 is 16.6. The molecule has 2 saturated carbocycles. The molecule has 0 bridgehead atoms. The number of imide groups is 1. The monoisotopic (exact) mass is 962 g/mol. The highest BCUT2D eigenvalue weighted by molar-refractivity contribution is 6.31. The molecule has 10 rings (SSSR count). The predicted octanol–water partition coefficient (Wildman–Crippen LogP) is 7.48. The zero-order valence-corrected chi connectivity index (χ0v) is 40.1. The number of fused-ring (bicyclic) bond motifs is 3. The van der Waals surface area contributed by atoms with Crippen LogP contribution in [-0.2, 0) is 36.9 Å². The second-order valence-electron chi connectivity index (χ2n) is 20.2. The van der Waals surface area contributed by atoms with E-state index in [9.17, 15) is 19.2 Å². The lowest BCUT2D eigenvalue weighted by Crippen LogP contribution is -2.62. The van der Waals surface area contributed by atoms with E-state index in [2.05, 4.69) is 27.4 Å². The van der Waals surface area contributed by atoms with E-state index in [0.29, 0.717) is 80.7 Å². The Labute approximate surface area is 406 Å². The van der Waals surface area contributed by atoms with Gasteiger partial charge in [0.25, 0.3) is 5.91 Å². The first-order chi connectivity index (χ1) is 32.7. The zero-order chi connectivity index (χ0) is 47.6. The number of carbonyl (C=O) groups excluding carboxylic acids is 6. The number of amides is 6. The van der Waals surface area contributed by atoms with E-state index >= 15 is 14.0 Å². The Balaban J connectivity index is 0.811. The first kappa shape index (κ1) is 46.4. The van der Waals surface area contributed by atoms with Crippen molar-refractivity contribution in [3.63, 3.8) is 0 Å². The van der Waals surface area contributed by atoms with E-state index in [1.165, 1.54) is 11.0 Å². The molecule has 0 aromatic heterocycles. The van der Waals surface area contributed by atoms with Gasteiger partial charge in [-0.1, -0.05) is 78.6 Å². The molecule has 5 fully saturated rings. The van der Waals surface area contributed by atoms with Gasteiger partial charge in [-0.05, 0) is 118 Å². The van der Waals surface area contributed by atoms with Crippen LogP contribution in [-0.4, -0.2) is 106 Å². The Morgan fingerprint density at radius 3 is 2.35 bits per heavy atom. The lowest BCUT2D eigenvalue weighted by Gasteiger charge is -2.53. The van der Waals surface area contributed by atoms with Crippen molar-refractivity contribution in [2.45, 2.75) is 126 Å². The van der Waals surface area contributed by atoms with Gasteiger partial charge in [0.2, 0.25) is 29.5 Å². The van der Waals surface area contributed by atoms with Crippen molar-refractivity contribution in [2.24, 2.45) is 17.3 Å². The molecule has 2 spiro atoms. The number of anilines is 1. The van der Waals surface area contributed by atoms with Gasteiger partial charge in [-0.15, -0.1) is 0 Å². The average Bonchev–Trinajstić information content (AvgIpc) is 3.77. The molecule has 7 aliphatic rings. The van der Waals surface area contributed by atoms with Crippen molar-refractivity contribution in [1.82, 2.24) is 24.9 Å². The van der Waals surface area contributed by atoms with Crippen LogP contribution in [0.2, 0.25) is 10.0 Å². The summed E-state index contributed by atoms with van der Waals surface area (Å²) in [4.78, 5) is 89.5. The molecule has 0 radical (unpaired) electrons.